The minimum absolute atomic E-state index is 0.00930. The number of aliphatic carboxylic acids is 3. The van der Waals surface area contributed by atoms with Gasteiger partial charge in [0, 0.05) is 13.0 Å². The average molecular weight is 819 g/mol. The highest BCUT2D eigenvalue weighted by Crippen LogP contribution is 2.21. The maximum Gasteiger partial charge on any atom is 0.326 e. The van der Waals surface area contributed by atoms with Crippen LogP contribution in [0.4, 0.5) is 0 Å². The van der Waals surface area contributed by atoms with Crippen LogP contribution in [0.5, 0.6) is 0 Å². The first kappa shape index (κ1) is 49.5. The molecule has 0 radical (unpaired) electrons. The van der Waals surface area contributed by atoms with Crippen LogP contribution in [-0.2, 0) is 43.2 Å². The summed E-state index contributed by atoms with van der Waals surface area (Å²) in [6, 6.07) is -9.81. The number of hydrogen-bond acceptors (Lipinski definition) is 13. The average Bonchev–Trinajstić information content (AvgIpc) is 3.65. The Bertz CT molecular complexity index is 1390. The van der Waals surface area contributed by atoms with Gasteiger partial charge in [-0.1, -0.05) is 20.3 Å². The number of aliphatic hydroxyl groups is 1. The van der Waals surface area contributed by atoms with Crippen molar-refractivity contribution < 1.29 is 63.6 Å². The Morgan fingerprint density at radius 3 is 1.84 bits per heavy atom. The third kappa shape index (κ3) is 16.7. The Balaban J connectivity index is 3.20. The van der Waals surface area contributed by atoms with Crippen LogP contribution in [0.15, 0.2) is 0 Å². The lowest BCUT2D eigenvalue weighted by molar-refractivity contribution is -0.143. The fourth-order valence-corrected chi connectivity index (χ4v) is 6.19. The molecule has 0 unspecified atom stereocenters. The van der Waals surface area contributed by atoms with Crippen LogP contribution in [0, 0.1) is 5.92 Å². The third-order valence-electron chi connectivity index (χ3n) is 9.29. The molecule has 8 atom stereocenters. The fraction of sp³-hybridized carbons (Fsp3) is 0.735. The van der Waals surface area contributed by atoms with Gasteiger partial charge in [-0.25, -0.2) is 4.79 Å². The molecular weight excluding hydrogens is 760 g/mol. The molecule has 0 bridgehead atoms. The van der Waals surface area contributed by atoms with E-state index in [9.17, 15) is 63.6 Å². The Hall–Kier alpha value is -4.54. The van der Waals surface area contributed by atoms with E-state index >= 15 is 0 Å². The highest BCUT2D eigenvalue weighted by atomic mass is 32.2. The Morgan fingerprint density at radius 2 is 1.32 bits per heavy atom. The third-order valence-corrected chi connectivity index (χ3v) is 9.94. The standard InChI is InChI=1S/C34H58N8O13S/c1-4-18(2)27(36)33(53)42-14-7-9-24(42)32(52)41-23(17-43)31(51)37-19(10-11-25(44)45)28(48)40-22(16-26(46)47)30(50)38-20(12-15-56-3)29(49)39-21(34(54)55)8-5-6-13-35/h18-24,27,43H,4-17,35-36H2,1-3H3,(H,37,51)(H,38,50)(H,39,49)(H,40,48)(H,41,52)(H,44,45)(H,46,47)(H,54,55)/t18-,19-,20-,21-,22-,23-,24-,27-/m0/s1. The van der Waals surface area contributed by atoms with E-state index in [1.165, 1.54) is 16.7 Å². The number of likely N-dealkylation sites (tertiary alicyclic amines) is 1. The summed E-state index contributed by atoms with van der Waals surface area (Å²) in [5, 5.41) is 49.9. The summed E-state index contributed by atoms with van der Waals surface area (Å²) in [6.07, 6.45) is 1.70. The summed E-state index contributed by atoms with van der Waals surface area (Å²) in [6.45, 7) is 3.22. The largest absolute Gasteiger partial charge is 0.481 e. The number of amides is 6. The smallest absolute Gasteiger partial charge is 0.326 e. The number of hydrogen-bond donors (Lipinski definition) is 11. The van der Waals surface area contributed by atoms with Crippen LogP contribution in [0.2, 0.25) is 0 Å². The predicted molar refractivity (Wildman–Crippen MR) is 202 cm³/mol. The molecule has 56 heavy (non-hydrogen) atoms. The first-order chi connectivity index (χ1) is 26.4. The molecule has 1 rings (SSSR count). The molecule has 22 heteroatoms. The van der Waals surface area contributed by atoms with Gasteiger partial charge in [-0.2, -0.15) is 11.8 Å². The number of nitrogens with one attached hydrogen (secondary N) is 5. The van der Waals surface area contributed by atoms with Gasteiger partial charge in [0.1, 0.15) is 36.3 Å². The molecule has 0 aromatic carbocycles. The monoisotopic (exact) mass is 818 g/mol. The molecule has 318 valence electrons. The molecule has 0 aromatic rings. The zero-order chi connectivity index (χ0) is 42.5. The number of carbonyl (C=O) groups is 9. The lowest BCUT2D eigenvalue weighted by Crippen LogP contribution is -2.60. The fourth-order valence-electron chi connectivity index (χ4n) is 5.72. The van der Waals surface area contributed by atoms with Gasteiger partial charge in [0.2, 0.25) is 35.4 Å². The topological polar surface area (TPSA) is 350 Å². The van der Waals surface area contributed by atoms with Gasteiger partial charge >= 0.3 is 17.9 Å². The van der Waals surface area contributed by atoms with Crippen LogP contribution >= 0.6 is 11.8 Å². The van der Waals surface area contributed by atoms with Crippen LogP contribution in [0.25, 0.3) is 0 Å². The van der Waals surface area contributed by atoms with Crippen molar-refractivity contribution in [1.82, 2.24) is 31.5 Å². The number of nitrogens with two attached hydrogens (primary N) is 2. The van der Waals surface area contributed by atoms with E-state index in [0.717, 1.165) is 0 Å². The van der Waals surface area contributed by atoms with Crippen molar-refractivity contribution >= 4 is 65.1 Å². The van der Waals surface area contributed by atoms with Crippen molar-refractivity contribution in [3.8, 4) is 0 Å². The van der Waals surface area contributed by atoms with Gasteiger partial charge in [-0.05, 0) is 69.4 Å². The Labute approximate surface area is 329 Å². The van der Waals surface area contributed by atoms with Gasteiger partial charge < -0.3 is 63.4 Å². The van der Waals surface area contributed by atoms with Gasteiger partial charge in [-0.3, -0.25) is 38.4 Å². The summed E-state index contributed by atoms with van der Waals surface area (Å²) >= 11 is 1.30. The zero-order valence-corrected chi connectivity index (χ0v) is 32.8. The van der Waals surface area contributed by atoms with Crippen molar-refractivity contribution in [2.45, 2.75) is 120 Å². The number of aliphatic hydroxyl groups excluding tert-OH is 1. The molecule has 0 saturated carbocycles. The quantitative estimate of drug-likeness (QED) is 0.0370. The molecule has 1 heterocycles. The minimum atomic E-state index is -1.87. The first-order valence-electron chi connectivity index (χ1n) is 18.5. The van der Waals surface area contributed by atoms with Crippen molar-refractivity contribution in [2.24, 2.45) is 17.4 Å². The van der Waals surface area contributed by atoms with Crippen molar-refractivity contribution in [3.05, 3.63) is 0 Å². The molecule has 0 spiro atoms. The lowest BCUT2D eigenvalue weighted by atomic mass is 9.98. The SMILES string of the molecule is CC[C@H](C)[C@H](N)C(=O)N1CCC[C@H]1C(=O)N[C@@H](CO)C(=O)N[C@@H](CCC(=O)O)C(=O)N[C@@H](CC(=O)O)C(=O)N[C@@H](CCSC)C(=O)N[C@@H](CCCCN)C(=O)O. The van der Waals surface area contributed by atoms with Crippen molar-refractivity contribution in [2.75, 3.05) is 31.7 Å². The van der Waals surface area contributed by atoms with Gasteiger partial charge in [0.15, 0.2) is 0 Å². The molecule has 21 nitrogen and oxygen atoms in total. The van der Waals surface area contributed by atoms with E-state index in [1.54, 1.807) is 13.2 Å². The van der Waals surface area contributed by atoms with Crippen LogP contribution in [0.3, 0.4) is 0 Å². The minimum Gasteiger partial charge on any atom is -0.481 e. The molecule has 1 aliphatic heterocycles. The second-order valence-corrected chi connectivity index (χ2v) is 14.5. The maximum absolute atomic E-state index is 13.5. The van der Waals surface area contributed by atoms with E-state index < -0.39 is 122 Å². The number of carbonyl (C=O) groups excluding carboxylic acids is 6. The lowest BCUT2D eigenvalue weighted by Gasteiger charge is -2.30. The summed E-state index contributed by atoms with van der Waals surface area (Å²) in [4.78, 5) is 116. The van der Waals surface area contributed by atoms with E-state index in [4.69, 9.17) is 11.5 Å². The van der Waals surface area contributed by atoms with Crippen LogP contribution in [-0.4, -0.2) is 153 Å². The number of carboxylic acid groups (broad SMARTS) is 3. The van der Waals surface area contributed by atoms with Gasteiger partial charge in [-0.15, -0.1) is 0 Å². The summed E-state index contributed by atoms with van der Waals surface area (Å²) in [5.41, 5.74) is 11.6. The number of unbranched alkanes of at least 4 members (excludes halogenated alkanes) is 1. The second-order valence-electron chi connectivity index (χ2n) is 13.5. The maximum atomic E-state index is 13.5. The van der Waals surface area contributed by atoms with E-state index in [-0.39, 0.29) is 31.7 Å². The highest BCUT2D eigenvalue weighted by molar-refractivity contribution is 7.98. The first-order valence-corrected chi connectivity index (χ1v) is 19.9. The van der Waals surface area contributed by atoms with E-state index in [2.05, 4.69) is 26.6 Å². The number of rotatable bonds is 27. The Morgan fingerprint density at radius 1 is 0.768 bits per heavy atom. The van der Waals surface area contributed by atoms with E-state index in [1.807, 2.05) is 6.92 Å². The predicted octanol–water partition coefficient (Wildman–Crippen LogP) is -2.93. The van der Waals surface area contributed by atoms with Crippen molar-refractivity contribution in [1.29, 1.82) is 0 Å². The Kier molecular flexibility index (Phi) is 22.6. The molecular formula is C34H58N8O13S. The number of nitrogens with zero attached hydrogens (tertiary/aromatic N) is 1. The molecule has 1 aliphatic rings. The molecule has 0 aromatic heterocycles. The molecule has 0 aliphatic carbocycles. The number of thioether (sulfide) groups is 1. The van der Waals surface area contributed by atoms with Crippen LogP contribution in [0.1, 0.15) is 78.1 Å². The van der Waals surface area contributed by atoms with Crippen LogP contribution < -0.4 is 38.1 Å². The molecule has 13 N–H and O–H groups in total. The zero-order valence-electron chi connectivity index (χ0n) is 32.0. The molecule has 1 fully saturated rings. The van der Waals surface area contributed by atoms with Gasteiger partial charge in [0.25, 0.3) is 0 Å². The van der Waals surface area contributed by atoms with E-state index in [0.29, 0.717) is 38.0 Å². The van der Waals surface area contributed by atoms with Crippen molar-refractivity contribution in [3.63, 3.8) is 0 Å². The summed E-state index contributed by atoms with van der Waals surface area (Å²) in [5.74, 6) is -9.71. The number of carboxylic acids is 3. The second kappa shape index (κ2) is 25.6. The highest BCUT2D eigenvalue weighted by Gasteiger charge is 2.39. The van der Waals surface area contributed by atoms with Gasteiger partial charge in [0.05, 0.1) is 19.1 Å². The molecule has 6 amide bonds. The normalized spacial score (nSPS) is 17.5. The summed E-state index contributed by atoms with van der Waals surface area (Å²) in [7, 11) is 0. The molecule has 1 saturated heterocycles. The summed E-state index contributed by atoms with van der Waals surface area (Å²) < 4.78 is 0.